The Hall–Kier alpha value is -1.06. The van der Waals surface area contributed by atoms with Gasteiger partial charge in [-0.05, 0) is 12.8 Å². The van der Waals surface area contributed by atoms with Crippen molar-refractivity contribution in [3.05, 3.63) is 0 Å². The molecule has 1 saturated carbocycles. The largest absolute Gasteiger partial charge is 0.426 e. The van der Waals surface area contributed by atoms with Crippen molar-refractivity contribution in [2.75, 3.05) is 0 Å². The van der Waals surface area contributed by atoms with Gasteiger partial charge in [0.05, 0.1) is 5.92 Å². The van der Waals surface area contributed by atoms with Gasteiger partial charge in [-0.1, -0.05) is 19.3 Å². The zero-order valence-electron chi connectivity index (χ0n) is 9.32. The van der Waals surface area contributed by atoms with Gasteiger partial charge in [0.25, 0.3) is 0 Å². The summed E-state index contributed by atoms with van der Waals surface area (Å²) in [5.74, 6) is -0.667. The number of carbonyl (C=O) groups excluding carboxylic acids is 2. The first-order chi connectivity index (χ1) is 7.09. The molecule has 86 valence electrons. The minimum absolute atomic E-state index is 0.00300. The van der Waals surface area contributed by atoms with E-state index in [2.05, 4.69) is 0 Å². The van der Waals surface area contributed by atoms with Crippen LogP contribution in [0.5, 0.6) is 0 Å². The summed E-state index contributed by atoms with van der Waals surface area (Å²) >= 11 is 0. The SMILES string of the molecule is CC(=O)OC(C)OC(=O)C1CCCCC1. The maximum atomic E-state index is 11.6. The van der Waals surface area contributed by atoms with Crippen LogP contribution in [0.3, 0.4) is 0 Å². The number of hydrogen-bond donors (Lipinski definition) is 0. The van der Waals surface area contributed by atoms with Gasteiger partial charge >= 0.3 is 11.9 Å². The summed E-state index contributed by atoms with van der Waals surface area (Å²) < 4.78 is 9.75. The summed E-state index contributed by atoms with van der Waals surface area (Å²) in [6.07, 6.45) is 4.39. The molecular weight excluding hydrogens is 196 g/mol. The highest BCUT2D eigenvalue weighted by molar-refractivity contribution is 5.73. The molecule has 0 radical (unpaired) electrons. The first-order valence-corrected chi connectivity index (χ1v) is 5.47. The van der Waals surface area contributed by atoms with E-state index < -0.39 is 12.3 Å². The predicted molar refractivity (Wildman–Crippen MR) is 53.9 cm³/mol. The molecule has 0 N–H and O–H groups in total. The average Bonchev–Trinajstić information content (AvgIpc) is 2.17. The maximum Gasteiger partial charge on any atom is 0.311 e. The van der Waals surface area contributed by atoms with Crippen LogP contribution in [0.25, 0.3) is 0 Å². The van der Waals surface area contributed by atoms with Gasteiger partial charge in [0.1, 0.15) is 0 Å². The van der Waals surface area contributed by atoms with Crippen molar-refractivity contribution >= 4 is 11.9 Å². The third-order valence-corrected chi connectivity index (χ3v) is 2.55. The van der Waals surface area contributed by atoms with Crippen LogP contribution in [0, 0.1) is 5.92 Å². The highest BCUT2D eigenvalue weighted by Gasteiger charge is 2.24. The summed E-state index contributed by atoms with van der Waals surface area (Å²) in [4.78, 5) is 22.2. The standard InChI is InChI=1S/C11H18O4/c1-8(12)14-9(2)15-11(13)10-6-4-3-5-7-10/h9-10H,3-7H2,1-2H3. The van der Waals surface area contributed by atoms with Crippen LogP contribution < -0.4 is 0 Å². The van der Waals surface area contributed by atoms with E-state index in [1.165, 1.54) is 13.3 Å². The van der Waals surface area contributed by atoms with Gasteiger partial charge in [-0.15, -0.1) is 0 Å². The van der Waals surface area contributed by atoms with Crippen LogP contribution in [0.4, 0.5) is 0 Å². The molecule has 0 amide bonds. The molecule has 4 heteroatoms. The first kappa shape index (κ1) is 12.0. The molecule has 0 aromatic carbocycles. The summed E-state index contributed by atoms with van der Waals surface area (Å²) in [6.45, 7) is 2.85. The maximum absolute atomic E-state index is 11.6. The van der Waals surface area contributed by atoms with Gasteiger partial charge in [0, 0.05) is 13.8 Å². The Labute approximate surface area is 89.9 Å². The van der Waals surface area contributed by atoms with E-state index in [1.807, 2.05) is 0 Å². The Kier molecular flexibility index (Phi) is 4.59. The topological polar surface area (TPSA) is 52.6 Å². The van der Waals surface area contributed by atoms with Crippen molar-refractivity contribution in [1.29, 1.82) is 0 Å². The number of esters is 2. The van der Waals surface area contributed by atoms with Crippen LogP contribution in [-0.2, 0) is 19.1 Å². The molecule has 1 fully saturated rings. The van der Waals surface area contributed by atoms with Crippen LogP contribution in [0.2, 0.25) is 0 Å². The molecule has 1 rings (SSSR count). The lowest BCUT2D eigenvalue weighted by Crippen LogP contribution is -2.26. The predicted octanol–water partition coefficient (Wildman–Crippen LogP) is 2.02. The Bertz CT molecular complexity index is 231. The Balaban J connectivity index is 2.30. The van der Waals surface area contributed by atoms with E-state index >= 15 is 0 Å². The molecule has 1 atom stereocenters. The molecule has 4 nitrogen and oxygen atoms in total. The fraction of sp³-hybridized carbons (Fsp3) is 0.818. The van der Waals surface area contributed by atoms with Gasteiger partial charge < -0.3 is 9.47 Å². The van der Waals surface area contributed by atoms with Crippen LogP contribution in [-0.4, -0.2) is 18.2 Å². The first-order valence-electron chi connectivity index (χ1n) is 5.47. The highest BCUT2D eigenvalue weighted by atomic mass is 16.7. The molecule has 0 aromatic heterocycles. The average molecular weight is 214 g/mol. The quantitative estimate of drug-likeness (QED) is 0.532. The third kappa shape index (κ3) is 4.32. The Morgan fingerprint density at radius 1 is 1.13 bits per heavy atom. The molecule has 15 heavy (non-hydrogen) atoms. The Morgan fingerprint density at radius 2 is 1.73 bits per heavy atom. The molecule has 0 heterocycles. The molecule has 1 aliphatic carbocycles. The van der Waals surface area contributed by atoms with Gasteiger partial charge in [0.2, 0.25) is 6.29 Å². The highest BCUT2D eigenvalue weighted by Crippen LogP contribution is 2.25. The third-order valence-electron chi connectivity index (χ3n) is 2.55. The van der Waals surface area contributed by atoms with Gasteiger partial charge in [-0.3, -0.25) is 9.59 Å². The minimum Gasteiger partial charge on any atom is -0.426 e. The van der Waals surface area contributed by atoms with E-state index in [0.717, 1.165) is 25.7 Å². The molecule has 0 aromatic rings. The van der Waals surface area contributed by atoms with Crippen molar-refractivity contribution in [2.24, 2.45) is 5.92 Å². The molecule has 0 spiro atoms. The van der Waals surface area contributed by atoms with E-state index in [-0.39, 0.29) is 11.9 Å². The fourth-order valence-electron chi connectivity index (χ4n) is 1.86. The van der Waals surface area contributed by atoms with E-state index in [0.29, 0.717) is 0 Å². The molecular formula is C11H18O4. The van der Waals surface area contributed by atoms with Gasteiger partial charge in [0.15, 0.2) is 0 Å². The molecule has 1 unspecified atom stereocenters. The second-order valence-electron chi connectivity index (χ2n) is 3.95. The van der Waals surface area contributed by atoms with E-state index in [4.69, 9.17) is 9.47 Å². The van der Waals surface area contributed by atoms with E-state index in [9.17, 15) is 9.59 Å². The van der Waals surface area contributed by atoms with Crippen molar-refractivity contribution in [1.82, 2.24) is 0 Å². The van der Waals surface area contributed by atoms with Crippen LogP contribution in [0.1, 0.15) is 46.0 Å². The number of hydrogen-bond acceptors (Lipinski definition) is 4. The number of ether oxygens (including phenoxy) is 2. The molecule has 0 saturated heterocycles. The van der Waals surface area contributed by atoms with E-state index in [1.54, 1.807) is 6.92 Å². The summed E-state index contributed by atoms with van der Waals surface area (Å²) in [6, 6.07) is 0. The smallest absolute Gasteiger partial charge is 0.311 e. The summed E-state index contributed by atoms with van der Waals surface area (Å²) in [5, 5.41) is 0. The number of rotatable bonds is 3. The zero-order chi connectivity index (χ0) is 11.3. The van der Waals surface area contributed by atoms with Gasteiger partial charge in [-0.2, -0.15) is 0 Å². The Morgan fingerprint density at radius 3 is 2.27 bits per heavy atom. The lowest BCUT2D eigenvalue weighted by molar-refractivity contribution is -0.186. The van der Waals surface area contributed by atoms with Crippen molar-refractivity contribution in [2.45, 2.75) is 52.2 Å². The second-order valence-corrected chi connectivity index (χ2v) is 3.95. The summed E-state index contributed by atoms with van der Waals surface area (Å²) in [7, 11) is 0. The second kappa shape index (κ2) is 5.73. The van der Waals surface area contributed by atoms with Crippen molar-refractivity contribution in [3.63, 3.8) is 0 Å². The fourth-order valence-corrected chi connectivity index (χ4v) is 1.86. The normalized spacial score (nSPS) is 19.3. The lowest BCUT2D eigenvalue weighted by atomic mass is 9.89. The zero-order valence-corrected chi connectivity index (χ0v) is 9.32. The van der Waals surface area contributed by atoms with Crippen LogP contribution >= 0.6 is 0 Å². The van der Waals surface area contributed by atoms with Gasteiger partial charge in [-0.25, -0.2) is 0 Å². The molecule has 0 aliphatic heterocycles. The minimum atomic E-state index is -0.767. The molecule has 1 aliphatic rings. The van der Waals surface area contributed by atoms with Crippen LogP contribution in [0.15, 0.2) is 0 Å². The number of carbonyl (C=O) groups is 2. The van der Waals surface area contributed by atoms with Crippen molar-refractivity contribution < 1.29 is 19.1 Å². The monoisotopic (exact) mass is 214 g/mol. The lowest BCUT2D eigenvalue weighted by Gasteiger charge is -2.21. The molecule has 0 bridgehead atoms. The summed E-state index contributed by atoms with van der Waals surface area (Å²) in [5.41, 5.74) is 0. The van der Waals surface area contributed by atoms with Crippen molar-refractivity contribution in [3.8, 4) is 0 Å².